The van der Waals surface area contributed by atoms with E-state index in [0.29, 0.717) is 5.92 Å². The van der Waals surface area contributed by atoms with Gasteiger partial charge in [-0.3, -0.25) is 4.90 Å². The van der Waals surface area contributed by atoms with Gasteiger partial charge in [0.25, 0.3) is 0 Å². The number of hydrogen-bond acceptors (Lipinski definition) is 4. The van der Waals surface area contributed by atoms with Crippen molar-refractivity contribution in [3.05, 3.63) is 53.6 Å². The number of amides is 1. The van der Waals surface area contributed by atoms with E-state index in [1.165, 1.54) is 5.56 Å². The third kappa shape index (κ3) is 4.56. The maximum absolute atomic E-state index is 12.9. The lowest BCUT2D eigenvalue weighted by Crippen LogP contribution is -2.53. The second-order valence-electron chi connectivity index (χ2n) is 10.1. The molecule has 2 aromatic carbocycles. The summed E-state index contributed by atoms with van der Waals surface area (Å²) < 4.78 is 35.2. The minimum absolute atomic E-state index is 0.0307. The number of nitrogens with one attached hydrogen (secondary N) is 1. The minimum atomic E-state index is -2.84. The Kier molecular flexibility index (Phi) is 5.77. The van der Waals surface area contributed by atoms with Crippen molar-refractivity contribution in [2.45, 2.75) is 51.9 Å². The average Bonchev–Trinajstić information content (AvgIpc) is 3.03. The number of hydrogen-bond donors (Lipinski definition) is 1. The van der Waals surface area contributed by atoms with E-state index in [1.54, 1.807) is 24.3 Å². The molecule has 4 aliphatic rings. The smallest absolute Gasteiger partial charge is 0.407 e. The fourth-order valence-corrected chi connectivity index (χ4v) is 5.65. The highest BCUT2D eigenvalue weighted by atomic mass is 19.3. The number of alkyl halides is 2. The first kappa shape index (κ1) is 22.1. The van der Waals surface area contributed by atoms with Crippen LogP contribution in [-0.2, 0) is 11.2 Å². The van der Waals surface area contributed by atoms with E-state index in [-0.39, 0.29) is 29.4 Å². The second-order valence-corrected chi connectivity index (χ2v) is 10.1. The Bertz CT molecular complexity index is 1020. The molecule has 1 unspecified atom stereocenters. The Morgan fingerprint density at radius 3 is 2.42 bits per heavy atom. The number of ether oxygens (including phenoxy) is 2. The molecule has 1 aliphatic carbocycles. The van der Waals surface area contributed by atoms with Gasteiger partial charge >= 0.3 is 12.7 Å². The van der Waals surface area contributed by atoms with Gasteiger partial charge in [0.15, 0.2) is 0 Å². The van der Waals surface area contributed by atoms with Crippen LogP contribution >= 0.6 is 0 Å². The number of fused-ring (bicyclic) bond motifs is 4. The van der Waals surface area contributed by atoms with Crippen LogP contribution in [0.4, 0.5) is 13.6 Å². The van der Waals surface area contributed by atoms with Gasteiger partial charge in [0.05, 0.1) is 6.04 Å². The molecule has 2 aromatic rings. The Labute approximate surface area is 193 Å². The van der Waals surface area contributed by atoms with Gasteiger partial charge in [-0.15, -0.1) is 0 Å². The predicted molar refractivity (Wildman–Crippen MR) is 121 cm³/mol. The molecule has 33 heavy (non-hydrogen) atoms. The minimum Gasteiger partial charge on any atom is -0.445 e. The van der Waals surface area contributed by atoms with E-state index in [9.17, 15) is 13.6 Å². The van der Waals surface area contributed by atoms with Gasteiger partial charge in [0.1, 0.15) is 11.9 Å². The quantitative estimate of drug-likeness (QED) is 0.655. The summed E-state index contributed by atoms with van der Waals surface area (Å²) in [4.78, 5) is 15.3. The molecule has 3 saturated heterocycles. The van der Waals surface area contributed by atoms with Crippen molar-refractivity contribution in [2.75, 3.05) is 19.6 Å². The molecule has 5 nitrogen and oxygen atoms in total. The Morgan fingerprint density at radius 1 is 1.09 bits per heavy atom. The van der Waals surface area contributed by atoms with E-state index in [2.05, 4.69) is 40.9 Å². The van der Waals surface area contributed by atoms with Crippen LogP contribution in [0, 0.1) is 11.3 Å². The predicted octanol–water partition coefficient (Wildman–Crippen LogP) is 5.40. The van der Waals surface area contributed by atoms with E-state index in [1.807, 2.05) is 6.07 Å². The molecule has 0 radical (unpaired) electrons. The first-order valence-electron chi connectivity index (χ1n) is 11.7. The lowest BCUT2D eigenvalue weighted by Gasteiger charge is -2.44. The maximum atomic E-state index is 12.9. The van der Waals surface area contributed by atoms with Crippen LogP contribution in [0.15, 0.2) is 42.5 Å². The number of halogens is 2. The zero-order valence-electron chi connectivity index (χ0n) is 19.0. The summed E-state index contributed by atoms with van der Waals surface area (Å²) in [5, 5.41) is 3.16. The Hall–Kier alpha value is -2.67. The number of benzene rings is 2. The fourth-order valence-electron chi connectivity index (χ4n) is 5.65. The van der Waals surface area contributed by atoms with Crippen molar-refractivity contribution in [1.82, 2.24) is 10.2 Å². The topological polar surface area (TPSA) is 50.8 Å². The molecule has 3 aliphatic heterocycles. The van der Waals surface area contributed by atoms with Crippen LogP contribution in [0.3, 0.4) is 0 Å². The molecular formula is C26H30F2N2O3. The lowest BCUT2D eigenvalue weighted by atomic mass is 9.85. The number of alkyl carbamates (subject to hydrolysis) is 1. The van der Waals surface area contributed by atoms with Gasteiger partial charge in [-0.05, 0) is 84.1 Å². The number of nitrogens with zero attached hydrogens (tertiary/aromatic N) is 1. The van der Waals surface area contributed by atoms with E-state index < -0.39 is 6.61 Å². The molecule has 1 amide bonds. The molecule has 0 aromatic heterocycles. The summed E-state index contributed by atoms with van der Waals surface area (Å²) in [7, 11) is 0. The maximum Gasteiger partial charge on any atom is 0.407 e. The standard InChI is InChI=1S/C26H30F2N2O3/c1-26(2)14-19-4-3-18(16-5-7-20(8-6-16)32-24(27)28)13-21(19)23(26)29-25(31)33-22-15-30-11-9-17(22)10-12-30/h3-8,13,17,22-24H,9-12,14-15H2,1-2H3,(H,29,31)/t22-,23?/m1/s1. The highest BCUT2D eigenvalue weighted by Crippen LogP contribution is 2.46. The van der Waals surface area contributed by atoms with Crippen LogP contribution < -0.4 is 10.1 Å². The number of rotatable bonds is 5. The first-order valence-corrected chi connectivity index (χ1v) is 11.7. The first-order chi connectivity index (χ1) is 15.8. The molecule has 6 rings (SSSR count). The third-order valence-corrected chi connectivity index (χ3v) is 7.41. The van der Waals surface area contributed by atoms with E-state index in [0.717, 1.165) is 55.6 Å². The molecule has 2 bridgehead atoms. The molecule has 3 heterocycles. The zero-order valence-corrected chi connectivity index (χ0v) is 19.0. The van der Waals surface area contributed by atoms with Gasteiger partial charge < -0.3 is 14.8 Å². The van der Waals surface area contributed by atoms with E-state index in [4.69, 9.17) is 4.74 Å². The molecule has 0 saturated carbocycles. The SMILES string of the molecule is CC1(C)Cc2ccc(-c3ccc(OC(F)F)cc3)cc2C1NC(=O)O[C@@H]1CN2CCC1CC2. The van der Waals surface area contributed by atoms with Crippen molar-refractivity contribution in [3.63, 3.8) is 0 Å². The normalized spacial score (nSPS) is 27.3. The zero-order chi connectivity index (χ0) is 23.2. The Balaban J connectivity index is 1.33. The van der Waals surface area contributed by atoms with E-state index >= 15 is 0 Å². The van der Waals surface area contributed by atoms with Gasteiger partial charge in [-0.1, -0.05) is 38.1 Å². The van der Waals surface area contributed by atoms with Crippen molar-refractivity contribution in [3.8, 4) is 16.9 Å². The van der Waals surface area contributed by atoms with Crippen molar-refractivity contribution in [1.29, 1.82) is 0 Å². The number of piperidine rings is 3. The van der Waals surface area contributed by atoms with Crippen LogP contribution in [-0.4, -0.2) is 43.3 Å². The molecule has 1 N–H and O–H groups in total. The molecular weight excluding hydrogens is 426 g/mol. The van der Waals surface area contributed by atoms with Crippen molar-refractivity contribution in [2.24, 2.45) is 11.3 Å². The van der Waals surface area contributed by atoms with Crippen LogP contribution in [0.5, 0.6) is 5.75 Å². The number of carbonyl (C=O) groups is 1. The number of carbonyl (C=O) groups excluding carboxylic acids is 1. The summed E-state index contributed by atoms with van der Waals surface area (Å²) >= 11 is 0. The summed E-state index contributed by atoms with van der Waals surface area (Å²) in [5.41, 5.74) is 4.00. The van der Waals surface area contributed by atoms with Crippen molar-refractivity contribution >= 4 is 6.09 Å². The average molecular weight is 457 g/mol. The van der Waals surface area contributed by atoms with Gasteiger partial charge in [-0.25, -0.2) is 4.79 Å². The second kappa shape index (κ2) is 8.60. The van der Waals surface area contributed by atoms with Crippen LogP contribution in [0.25, 0.3) is 11.1 Å². The molecule has 7 heteroatoms. The summed E-state index contributed by atoms with van der Waals surface area (Å²) in [6.07, 6.45) is 2.67. The van der Waals surface area contributed by atoms with Crippen LogP contribution in [0.2, 0.25) is 0 Å². The lowest BCUT2D eigenvalue weighted by molar-refractivity contribution is -0.0498. The molecule has 0 spiro atoms. The molecule has 176 valence electrons. The summed E-state index contributed by atoms with van der Waals surface area (Å²) in [6, 6.07) is 12.7. The fraction of sp³-hybridized carbons (Fsp3) is 0.500. The molecule has 2 atom stereocenters. The highest BCUT2D eigenvalue weighted by Gasteiger charge is 2.42. The van der Waals surface area contributed by atoms with Gasteiger partial charge in [0.2, 0.25) is 0 Å². The van der Waals surface area contributed by atoms with Crippen LogP contribution in [0.1, 0.15) is 43.9 Å². The van der Waals surface area contributed by atoms with Gasteiger partial charge in [-0.2, -0.15) is 8.78 Å². The highest BCUT2D eigenvalue weighted by molar-refractivity contribution is 5.70. The van der Waals surface area contributed by atoms with Crippen molar-refractivity contribution < 1.29 is 23.0 Å². The van der Waals surface area contributed by atoms with Gasteiger partial charge in [0, 0.05) is 6.54 Å². The summed E-state index contributed by atoms with van der Waals surface area (Å²) in [5.74, 6) is 0.597. The Morgan fingerprint density at radius 2 is 1.79 bits per heavy atom. The largest absolute Gasteiger partial charge is 0.445 e. The summed E-state index contributed by atoms with van der Waals surface area (Å²) in [6.45, 7) is 4.51. The monoisotopic (exact) mass is 456 g/mol. The molecule has 3 fully saturated rings. The third-order valence-electron chi connectivity index (χ3n) is 7.41.